The van der Waals surface area contributed by atoms with Crippen LogP contribution in [0.4, 0.5) is 0 Å². The highest BCUT2D eigenvalue weighted by Crippen LogP contribution is 2.29. The van der Waals surface area contributed by atoms with Gasteiger partial charge in [0.2, 0.25) is 0 Å². The first kappa shape index (κ1) is 11.0. The predicted molar refractivity (Wildman–Crippen MR) is 55.7 cm³/mol. The fourth-order valence-electron chi connectivity index (χ4n) is 1.76. The highest BCUT2D eigenvalue weighted by atomic mass is 16.5. The van der Waals surface area contributed by atoms with Crippen LogP contribution >= 0.6 is 0 Å². The third kappa shape index (κ3) is 2.45. The first-order valence-corrected chi connectivity index (χ1v) is 4.87. The Balaban J connectivity index is 2.65. The van der Waals surface area contributed by atoms with E-state index in [1.807, 2.05) is 19.1 Å². The summed E-state index contributed by atoms with van der Waals surface area (Å²) in [6, 6.07) is 0.142. The lowest BCUT2D eigenvalue weighted by Crippen LogP contribution is -2.16. The Bertz CT molecular complexity index is 279. The van der Waals surface area contributed by atoms with Gasteiger partial charge < -0.3 is 10.5 Å². The molecular formula is C11H17NO2. The summed E-state index contributed by atoms with van der Waals surface area (Å²) in [5.41, 5.74) is 8.27. The van der Waals surface area contributed by atoms with Gasteiger partial charge in [-0.15, -0.1) is 0 Å². The molecule has 1 unspecified atom stereocenters. The molecule has 2 N–H and O–H groups in total. The highest BCUT2D eigenvalue weighted by molar-refractivity contribution is 5.71. The van der Waals surface area contributed by atoms with Crippen molar-refractivity contribution in [3.05, 3.63) is 23.3 Å². The van der Waals surface area contributed by atoms with Crippen molar-refractivity contribution in [1.29, 1.82) is 0 Å². The van der Waals surface area contributed by atoms with Crippen LogP contribution in [-0.2, 0) is 9.53 Å². The number of hydrogen-bond donors (Lipinski definition) is 1. The smallest absolute Gasteiger partial charge is 0.309 e. The Morgan fingerprint density at radius 2 is 2.43 bits per heavy atom. The van der Waals surface area contributed by atoms with Crippen molar-refractivity contribution in [2.75, 3.05) is 7.11 Å². The first-order chi connectivity index (χ1) is 6.69. The summed E-state index contributed by atoms with van der Waals surface area (Å²) in [4.78, 5) is 10.9. The maximum atomic E-state index is 10.9. The quantitative estimate of drug-likeness (QED) is 0.680. The third-order valence-corrected chi connectivity index (χ3v) is 2.55. The zero-order chi connectivity index (χ0) is 10.6. The van der Waals surface area contributed by atoms with Gasteiger partial charge in [0, 0.05) is 6.04 Å². The Hall–Kier alpha value is -1.09. The summed E-state index contributed by atoms with van der Waals surface area (Å²) in [5, 5.41) is 0. The molecule has 0 aliphatic heterocycles. The van der Waals surface area contributed by atoms with E-state index in [-0.39, 0.29) is 12.0 Å². The molecule has 1 atom stereocenters. The third-order valence-electron chi connectivity index (χ3n) is 2.55. The molecule has 0 aromatic heterocycles. The Labute approximate surface area is 84.6 Å². The van der Waals surface area contributed by atoms with Crippen LogP contribution in [0.25, 0.3) is 0 Å². The molecule has 1 rings (SSSR count). The van der Waals surface area contributed by atoms with Crippen LogP contribution < -0.4 is 5.73 Å². The van der Waals surface area contributed by atoms with E-state index < -0.39 is 0 Å². The minimum absolute atomic E-state index is 0.142. The molecule has 3 heteroatoms. The maximum Gasteiger partial charge on any atom is 0.309 e. The molecule has 0 heterocycles. The second kappa shape index (κ2) is 4.96. The van der Waals surface area contributed by atoms with E-state index in [4.69, 9.17) is 5.73 Å². The molecule has 1 fully saturated rings. The SMILES string of the molecule is C/C=C1\C(=C/CC(=O)OC)CCC1N. The molecule has 1 aliphatic carbocycles. The Morgan fingerprint density at radius 1 is 1.71 bits per heavy atom. The van der Waals surface area contributed by atoms with Gasteiger partial charge in [0.15, 0.2) is 0 Å². The topological polar surface area (TPSA) is 52.3 Å². The van der Waals surface area contributed by atoms with Crippen molar-refractivity contribution in [2.45, 2.75) is 32.2 Å². The molecule has 1 saturated carbocycles. The van der Waals surface area contributed by atoms with Crippen LogP contribution in [0.3, 0.4) is 0 Å². The van der Waals surface area contributed by atoms with E-state index in [1.165, 1.54) is 18.3 Å². The van der Waals surface area contributed by atoms with Gasteiger partial charge in [-0.3, -0.25) is 4.79 Å². The van der Waals surface area contributed by atoms with E-state index in [2.05, 4.69) is 4.74 Å². The summed E-state index contributed by atoms with van der Waals surface area (Å²) < 4.78 is 4.57. The fraction of sp³-hybridized carbons (Fsp3) is 0.545. The number of hydrogen-bond acceptors (Lipinski definition) is 3. The predicted octanol–water partition coefficient (Wildman–Crippen LogP) is 1.54. The lowest BCUT2D eigenvalue weighted by atomic mass is 10.1. The highest BCUT2D eigenvalue weighted by Gasteiger charge is 2.20. The standard InChI is InChI=1S/C11H17NO2/c1-3-9-8(4-6-10(9)12)5-7-11(13)14-2/h3,5,10H,4,6-7,12H2,1-2H3/b8-5-,9-3+. The van der Waals surface area contributed by atoms with Gasteiger partial charge in [-0.2, -0.15) is 0 Å². The van der Waals surface area contributed by atoms with Crippen LogP contribution in [0.5, 0.6) is 0 Å². The van der Waals surface area contributed by atoms with Gasteiger partial charge in [0.1, 0.15) is 0 Å². The average molecular weight is 195 g/mol. The minimum Gasteiger partial charge on any atom is -0.469 e. The summed E-state index contributed by atoms with van der Waals surface area (Å²) in [5.74, 6) is -0.201. The van der Waals surface area contributed by atoms with Gasteiger partial charge in [0.25, 0.3) is 0 Å². The number of nitrogens with two attached hydrogens (primary N) is 1. The summed E-state index contributed by atoms with van der Waals surface area (Å²) in [6.45, 7) is 1.98. The molecule has 0 amide bonds. The molecule has 0 aromatic rings. The molecule has 1 aliphatic rings. The van der Waals surface area contributed by atoms with Crippen molar-refractivity contribution in [1.82, 2.24) is 0 Å². The van der Waals surface area contributed by atoms with E-state index >= 15 is 0 Å². The lowest BCUT2D eigenvalue weighted by Gasteiger charge is -2.04. The average Bonchev–Trinajstić information content (AvgIpc) is 2.55. The molecule has 0 saturated heterocycles. The lowest BCUT2D eigenvalue weighted by molar-refractivity contribution is -0.139. The number of carbonyl (C=O) groups is 1. The van der Waals surface area contributed by atoms with Crippen LogP contribution in [0.2, 0.25) is 0 Å². The monoisotopic (exact) mass is 195 g/mol. The number of esters is 1. The fourth-order valence-corrected chi connectivity index (χ4v) is 1.76. The van der Waals surface area contributed by atoms with Crippen molar-refractivity contribution in [3.63, 3.8) is 0 Å². The van der Waals surface area contributed by atoms with E-state index in [0.717, 1.165) is 12.8 Å². The van der Waals surface area contributed by atoms with Crippen molar-refractivity contribution in [2.24, 2.45) is 5.73 Å². The van der Waals surface area contributed by atoms with Gasteiger partial charge >= 0.3 is 5.97 Å². The molecule has 0 aromatic carbocycles. The Morgan fingerprint density at radius 3 is 3.00 bits per heavy atom. The first-order valence-electron chi connectivity index (χ1n) is 4.87. The van der Waals surface area contributed by atoms with Gasteiger partial charge in [0.05, 0.1) is 13.5 Å². The van der Waals surface area contributed by atoms with E-state index in [9.17, 15) is 4.79 Å². The van der Waals surface area contributed by atoms with Crippen LogP contribution in [0.1, 0.15) is 26.2 Å². The summed E-state index contributed by atoms with van der Waals surface area (Å²) >= 11 is 0. The van der Waals surface area contributed by atoms with Crippen LogP contribution in [-0.4, -0.2) is 19.1 Å². The maximum absolute atomic E-state index is 10.9. The molecular weight excluding hydrogens is 178 g/mol. The normalized spacial score (nSPS) is 27.2. The molecule has 3 nitrogen and oxygen atoms in total. The second-order valence-electron chi connectivity index (χ2n) is 3.40. The summed E-state index contributed by atoms with van der Waals surface area (Å²) in [6.07, 6.45) is 6.25. The minimum atomic E-state index is -0.201. The van der Waals surface area contributed by atoms with E-state index in [0.29, 0.717) is 6.42 Å². The largest absolute Gasteiger partial charge is 0.469 e. The van der Waals surface area contributed by atoms with Crippen molar-refractivity contribution in [3.8, 4) is 0 Å². The zero-order valence-electron chi connectivity index (χ0n) is 8.75. The van der Waals surface area contributed by atoms with Crippen LogP contribution in [0, 0.1) is 0 Å². The number of allylic oxidation sites excluding steroid dienone is 1. The Kier molecular flexibility index (Phi) is 3.89. The van der Waals surface area contributed by atoms with Gasteiger partial charge in [-0.05, 0) is 30.9 Å². The van der Waals surface area contributed by atoms with E-state index in [1.54, 1.807) is 0 Å². The van der Waals surface area contributed by atoms with Crippen molar-refractivity contribution >= 4 is 5.97 Å². The van der Waals surface area contributed by atoms with Gasteiger partial charge in [-0.25, -0.2) is 0 Å². The number of rotatable bonds is 2. The number of ether oxygens (including phenoxy) is 1. The van der Waals surface area contributed by atoms with Gasteiger partial charge in [-0.1, -0.05) is 12.2 Å². The molecule has 0 spiro atoms. The summed E-state index contributed by atoms with van der Waals surface area (Å²) in [7, 11) is 1.40. The molecule has 14 heavy (non-hydrogen) atoms. The molecule has 0 radical (unpaired) electrons. The number of methoxy groups -OCH3 is 1. The van der Waals surface area contributed by atoms with Crippen molar-refractivity contribution < 1.29 is 9.53 Å². The molecule has 0 bridgehead atoms. The van der Waals surface area contributed by atoms with Crippen LogP contribution in [0.15, 0.2) is 23.3 Å². The number of carbonyl (C=O) groups excluding carboxylic acids is 1. The zero-order valence-corrected chi connectivity index (χ0v) is 8.75. The second-order valence-corrected chi connectivity index (χ2v) is 3.40. The molecule has 78 valence electrons.